The van der Waals surface area contributed by atoms with Gasteiger partial charge >= 0.3 is 0 Å². The van der Waals surface area contributed by atoms with Crippen LogP contribution in [0, 0.1) is 11.8 Å². The van der Waals surface area contributed by atoms with Crippen molar-refractivity contribution in [3.63, 3.8) is 0 Å². The smallest absolute Gasteiger partial charge is 0.247 e. The summed E-state index contributed by atoms with van der Waals surface area (Å²) in [5.74, 6) is 1.01. The fraction of sp³-hybridized carbons (Fsp3) is 0.600. The van der Waals surface area contributed by atoms with Gasteiger partial charge in [0.1, 0.15) is 17.5 Å². The van der Waals surface area contributed by atoms with E-state index in [1.807, 2.05) is 41.5 Å². The number of hydrogen-bond donors (Lipinski definition) is 2. The van der Waals surface area contributed by atoms with E-state index in [1.165, 1.54) is 0 Å². The van der Waals surface area contributed by atoms with Gasteiger partial charge in [-0.05, 0) is 37.8 Å². The average Bonchev–Trinajstić information content (AvgIpc) is 2.54. The van der Waals surface area contributed by atoms with E-state index in [9.17, 15) is 9.59 Å². The summed E-state index contributed by atoms with van der Waals surface area (Å²) in [6.07, 6.45) is 0.389. The highest BCUT2D eigenvalue weighted by molar-refractivity contribution is 5.98. The lowest BCUT2D eigenvalue weighted by atomic mass is 10.0. The molecule has 1 aromatic rings. The van der Waals surface area contributed by atoms with Crippen molar-refractivity contribution in [1.82, 2.24) is 5.32 Å². The first-order valence-corrected chi connectivity index (χ1v) is 9.28. The van der Waals surface area contributed by atoms with E-state index in [-0.39, 0.29) is 23.7 Å². The van der Waals surface area contributed by atoms with Gasteiger partial charge in [0.15, 0.2) is 0 Å². The van der Waals surface area contributed by atoms with Gasteiger partial charge < -0.3 is 20.1 Å². The van der Waals surface area contributed by atoms with Crippen LogP contribution in [0.15, 0.2) is 18.2 Å². The van der Waals surface area contributed by atoms with E-state index < -0.39 is 6.04 Å². The van der Waals surface area contributed by atoms with Crippen LogP contribution in [0.4, 0.5) is 5.69 Å². The predicted octanol–water partition coefficient (Wildman–Crippen LogP) is 3.61. The molecular weight excluding hydrogens is 332 g/mol. The van der Waals surface area contributed by atoms with Crippen molar-refractivity contribution in [3.8, 4) is 11.5 Å². The van der Waals surface area contributed by atoms with Crippen LogP contribution in [-0.4, -0.2) is 31.1 Å². The molecule has 0 aliphatic carbocycles. The Bertz CT molecular complexity index is 599. The monoisotopic (exact) mass is 364 g/mol. The molecule has 0 aliphatic heterocycles. The minimum atomic E-state index is -0.619. The zero-order chi connectivity index (χ0) is 19.7. The highest BCUT2D eigenvalue weighted by Crippen LogP contribution is 2.29. The number of rotatable bonds is 10. The molecule has 0 saturated heterocycles. The molecule has 0 spiro atoms. The third-order valence-electron chi connectivity index (χ3n) is 3.68. The molecule has 146 valence electrons. The van der Waals surface area contributed by atoms with Gasteiger partial charge in [-0.2, -0.15) is 0 Å². The molecule has 1 rings (SSSR count). The Morgan fingerprint density at radius 2 is 1.69 bits per heavy atom. The summed E-state index contributed by atoms with van der Waals surface area (Å²) in [5.41, 5.74) is 0.534. The minimum Gasteiger partial charge on any atom is -0.494 e. The highest BCUT2D eigenvalue weighted by atomic mass is 16.5. The Morgan fingerprint density at radius 3 is 2.23 bits per heavy atom. The molecule has 0 saturated carbocycles. The molecule has 0 heterocycles. The number of anilines is 1. The second-order valence-corrected chi connectivity index (χ2v) is 6.90. The molecule has 1 unspecified atom stereocenters. The Kier molecular flexibility index (Phi) is 8.96. The largest absolute Gasteiger partial charge is 0.494 e. The zero-order valence-corrected chi connectivity index (χ0v) is 16.7. The molecule has 0 bridgehead atoms. The average molecular weight is 364 g/mol. The van der Waals surface area contributed by atoms with E-state index in [0.717, 1.165) is 0 Å². The summed E-state index contributed by atoms with van der Waals surface area (Å²) in [5, 5.41) is 5.71. The standard InChI is InChI=1S/C20H32N2O4/c1-7-25-15-9-10-17(26-8-2)16(12-15)21-20(24)19(14(5)6)22-18(23)11-13(3)4/h9-10,12-14,19H,7-8,11H2,1-6H3,(H,21,24)(H,22,23). The van der Waals surface area contributed by atoms with Crippen molar-refractivity contribution in [2.45, 2.75) is 54.0 Å². The Labute approximate surface area is 156 Å². The van der Waals surface area contributed by atoms with Crippen molar-refractivity contribution in [2.75, 3.05) is 18.5 Å². The summed E-state index contributed by atoms with van der Waals surface area (Å²) in [6.45, 7) is 12.5. The summed E-state index contributed by atoms with van der Waals surface area (Å²) in [4.78, 5) is 24.9. The first kappa shape index (κ1) is 21.8. The quantitative estimate of drug-likeness (QED) is 0.665. The van der Waals surface area contributed by atoms with Crippen LogP contribution in [0.3, 0.4) is 0 Å². The number of benzene rings is 1. The van der Waals surface area contributed by atoms with Gasteiger partial charge in [-0.25, -0.2) is 0 Å². The molecule has 0 aliphatic rings. The SMILES string of the molecule is CCOc1ccc(OCC)c(NC(=O)C(NC(=O)CC(C)C)C(C)C)c1. The number of carbonyl (C=O) groups is 2. The third kappa shape index (κ3) is 6.94. The zero-order valence-electron chi connectivity index (χ0n) is 16.7. The van der Waals surface area contributed by atoms with Gasteiger partial charge in [0, 0.05) is 12.5 Å². The Morgan fingerprint density at radius 1 is 1.04 bits per heavy atom. The molecular formula is C20H32N2O4. The van der Waals surface area contributed by atoms with Gasteiger partial charge in [0.25, 0.3) is 0 Å². The molecule has 0 aromatic heterocycles. The molecule has 0 radical (unpaired) electrons. The Hall–Kier alpha value is -2.24. The molecule has 1 aromatic carbocycles. The van der Waals surface area contributed by atoms with Crippen molar-refractivity contribution >= 4 is 17.5 Å². The molecule has 0 fully saturated rings. The first-order valence-electron chi connectivity index (χ1n) is 9.28. The van der Waals surface area contributed by atoms with E-state index in [1.54, 1.807) is 18.2 Å². The van der Waals surface area contributed by atoms with Crippen LogP contribution in [0.5, 0.6) is 11.5 Å². The summed E-state index contributed by atoms with van der Waals surface area (Å²) < 4.78 is 11.1. The topological polar surface area (TPSA) is 76.7 Å². The van der Waals surface area contributed by atoms with E-state index >= 15 is 0 Å². The third-order valence-corrected chi connectivity index (χ3v) is 3.68. The minimum absolute atomic E-state index is 0.0447. The second-order valence-electron chi connectivity index (χ2n) is 6.90. The summed E-state index contributed by atoms with van der Waals surface area (Å²) in [7, 11) is 0. The number of carbonyl (C=O) groups excluding carboxylic acids is 2. The van der Waals surface area contributed by atoms with Crippen molar-refractivity contribution < 1.29 is 19.1 Å². The fourth-order valence-electron chi connectivity index (χ4n) is 2.49. The molecule has 1 atom stereocenters. The molecule has 6 nitrogen and oxygen atoms in total. The summed E-state index contributed by atoms with van der Waals surface area (Å²) in [6, 6.07) is 4.69. The van der Waals surface area contributed by atoms with Crippen molar-refractivity contribution in [1.29, 1.82) is 0 Å². The normalized spacial score (nSPS) is 12.0. The van der Waals surface area contributed by atoms with E-state index in [2.05, 4.69) is 10.6 Å². The van der Waals surface area contributed by atoms with Crippen LogP contribution in [0.25, 0.3) is 0 Å². The molecule has 2 N–H and O–H groups in total. The van der Waals surface area contributed by atoms with Gasteiger partial charge in [-0.3, -0.25) is 9.59 Å². The van der Waals surface area contributed by atoms with Crippen LogP contribution < -0.4 is 20.1 Å². The van der Waals surface area contributed by atoms with Gasteiger partial charge in [-0.1, -0.05) is 27.7 Å². The van der Waals surface area contributed by atoms with E-state index in [0.29, 0.717) is 36.8 Å². The van der Waals surface area contributed by atoms with Gasteiger partial charge in [0.2, 0.25) is 11.8 Å². The van der Waals surface area contributed by atoms with E-state index in [4.69, 9.17) is 9.47 Å². The lowest BCUT2D eigenvalue weighted by Gasteiger charge is -2.23. The molecule has 26 heavy (non-hydrogen) atoms. The maximum atomic E-state index is 12.8. The lowest BCUT2D eigenvalue weighted by molar-refractivity contribution is -0.127. The fourth-order valence-corrected chi connectivity index (χ4v) is 2.49. The maximum Gasteiger partial charge on any atom is 0.247 e. The van der Waals surface area contributed by atoms with Crippen LogP contribution in [-0.2, 0) is 9.59 Å². The van der Waals surface area contributed by atoms with Crippen molar-refractivity contribution in [3.05, 3.63) is 18.2 Å². The first-order chi connectivity index (χ1) is 12.3. The number of nitrogens with one attached hydrogen (secondary N) is 2. The second kappa shape index (κ2) is 10.7. The maximum absolute atomic E-state index is 12.8. The molecule has 2 amide bonds. The summed E-state index contributed by atoms with van der Waals surface area (Å²) >= 11 is 0. The number of hydrogen-bond acceptors (Lipinski definition) is 4. The van der Waals surface area contributed by atoms with Gasteiger partial charge in [-0.15, -0.1) is 0 Å². The molecule has 6 heteroatoms. The van der Waals surface area contributed by atoms with Gasteiger partial charge in [0.05, 0.1) is 18.9 Å². The number of amides is 2. The number of ether oxygens (including phenoxy) is 2. The highest BCUT2D eigenvalue weighted by Gasteiger charge is 2.25. The van der Waals surface area contributed by atoms with Crippen LogP contribution in [0.1, 0.15) is 48.0 Å². The van der Waals surface area contributed by atoms with Crippen molar-refractivity contribution in [2.24, 2.45) is 11.8 Å². The predicted molar refractivity (Wildman–Crippen MR) is 104 cm³/mol. The van der Waals surface area contributed by atoms with Crippen LogP contribution >= 0.6 is 0 Å². The lowest BCUT2D eigenvalue weighted by Crippen LogP contribution is -2.47. The van der Waals surface area contributed by atoms with Crippen LogP contribution in [0.2, 0.25) is 0 Å². The Balaban J connectivity index is 2.96.